The molecule has 2 aromatic carbocycles. The molecule has 1 amide bonds. The Labute approximate surface area is 209 Å². The maximum absolute atomic E-state index is 13.4. The molecule has 12 heteroatoms. The monoisotopic (exact) mass is 546 g/mol. The first kappa shape index (κ1) is 28.1. The van der Waals surface area contributed by atoms with Gasteiger partial charge in [-0.2, -0.15) is 17.9 Å². The van der Waals surface area contributed by atoms with Crippen LogP contribution in [0.3, 0.4) is 0 Å². The first-order valence-electron chi connectivity index (χ1n) is 11.3. The zero-order valence-corrected chi connectivity index (χ0v) is 21.8. The van der Waals surface area contributed by atoms with Crippen molar-refractivity contribution in [1.82, 2.24) is 9.62 Å². The average molecular weight is 547 g/mol. The molecule has 0 aromatic heterocycles. The third-order valence-electron chi connectivity index (χ3n) is 6.67. The minimum absolute atomic E-state index is 0.180. The second-order valence-corrected chi connectivity index (χ2v) is 13.8. The summed E-state index contributed by atoms with van der Waals surface area (Å²) in [6.45, 7) is 3.34. The molecule has 0 aliphatic carbocycles. The number of nitrogens with zero attached hydrogens (tertiary/aromatic N) is 1. The van der Waals surface area contributed by atoms with Gasteiger partial charge in [0, 0.05) is 13.1 Å². The minimum Gasteiger partial charge on any atom is -0.341 e. The van der Waals surface area contributed by atoms with Crippen molar-refractivity contribution in [1.29, 1.82) is 0 Å². The van der Waals surface area contributed by atoms with Crippen molar-refractivity contribution in [2.24, 2.45) is 5.92 Å². The van der Waals surface area contributed by atoms with E-state index in [4.69, 9.17) is 0 Å². The number of rotatable bonds is 7. The molecule has 2 aromatic rings. The molecule has 3 rings (SSSR count). The highest BCUT2D eigenvalue weighted by atomic mass is 32.2. The lowest BCUT2D eigenvalue weighted by atomic mass is 9.85. The summed E-state index contributed by atoms with van der Waals surface area (Å²) in [5.41, 5.74) is -0.562. The lowest BCUT2D eigenvalue weighted by Gasteiger charge is -2.41. The third kappa shape index (κ3) is 6.09. The summed E-state index contributed by atoms with van der Waals surface area (Å²) in [6.07, 6.45) is -3.13. The van der Waals surface area contributed by atoms with Crippen LogP contribution in [0.4, 0.5) is 13.2 Å². The van der Waals surface area contributed by atoms with E-state index in [2.05, 4.69) is 4.72 Å². The molecule has 1 atom stereocenters. The Balaban J connectivity index is 1.79. The molecule has 1 heterocycles. The summed E-state index contributed by atoms with van der Waals surface area (Å²) >= 11 is 0. The van der Waals surface area contributed by atoms with Crippen molar-refractivity contribution in [3.8, 4) is 0 Å². The Hall–Kier alpha value is -2.44. The normalized spacial score (nSPS) is 17.1. The molecule has 198 valence electrons. The van der Waals surface area contributed by atoms with E-state index in [0.29, 0.717) is 11.6 Å². The van der Waals surface area contributed by atoms with Crippen LogP contribution in [0.1, 0.15) is 43.9 Å². The van der Waals surface area contributed by atoms with E-state index in [1.165, 1.54) is 18.7 Å². The largest absolute Gasteiger partial charge is 0.416 e. The van der Waals surface area contributed by atoms with Gasteiger partial charge >= 0.3 is 6.18 Å². The van der Waals surface area contributed by atoms with E-state index in [9.17, 15) is 34.8 Å². The number of piperidine rings is 1. The highest BCUT2D eigenvalue weighted by molar-refractivity contribution is 7.92. The predicted octanol–water partition coefficient (Wildman–Crippen LogP) is 3.79. The molecule has 0 spiro atoms. The number of alkyl halides is 3. The molecule has 1 N–H and O–H groups in total. The molecule has 1 saturated heterocycles. The number of benzene rings is 2. The fourth-order valence-corrected chi connectivity index (χ4v) is 6.95. The number of sulfonamides is 1. The maximum Gasteiger partial charge on any atom is 0.416 e. The molecule has 0 radical (unpaired) electrons. The van der Waals surface area contributed by atoms with E-state index in [0.717, 1.165) is 24.5 Å². The van der Waals surface area contributed by atoms with Gasteiger partial charge < -0.3 is 4.90 Å². The van der Waals surface area contributed by atoms with E-state index in [1.807, 2.05) is 0 Å². The van der Waals surface area contributed by atoms with Crippen molar-refractivity contribution in [3.63, 3.8) is 0 Å². The summed E-state index contributed by atoms with van der Waals surface area (Å²) in [7, 11) is -7.85. The van der Waals surface area contributed by atoms with Crippen LogP contribution in [-0.2, 0) is 30.8 Å². The van der Waals surface area contributed by atoms with Crippen LogP contribution in [0.2, 0.25) is 0 Å². The first-order valence-corrected chi connectivity index (χ1v) is 14.6. The highest BCUT2D eigenvalue weighted by Gasteiger charge is 2.45. The fourth-order valence-electron chi connectivity index (χ4n) is 4.46. The van der Waals surface area contributed by atoms with Crippen LogP contribution in [0.25, 0.3) is 0 Å². The summed E-state index contributed by atoms with van der Waals surface area (Å²) < 4.78 is 90.9. The zero-order valence-electron chi connectivity index (χ0n) is 20.1. The third-order valence-corrected chi connectivity index (χ3v) is 9.92. The van der Waals surface area contributed by atoms with Crippen LogP contribution >= 0.6 is 0 Å². The van der Waals surface area contributed by atoms with Gasteiger partial charge in [-0.05, 0) is 56.4 Å². The van der Waals surface area contributed by atoms with Gasteiger partial charge in [-0.1, -0.05) is 36.4 Å². The lowest BCUT2D eigenvalue weighted by Crippen LogP contribution is -2.50. The van der Waals surface area contributed by atoms with Gasteiger partial charge in [0.1, 0.15) is 6.04 Å². The van der Waals surface area contributed by atoms with Gasteiger partial charge in [0.05, 0.1) is 21.5 Å². The second-order valence-electron chi connectivity index (χ2n) is 9.47. The molecule has 0 bridgehead atoms. The number of likely N-dealkylation sites (tertiary alicyclic amines) is 1. The Kier molecular flexibility index (Phi) is 7.92. The molecule has 1 aliphatic rings. The molecular formula is C24H29F3N2O5S2. The number of hydrogen-bond donors (Lipinski definition) is 1. The van der Waals surface area contributed by atoms with Gasteiger partial charge in [0.25, 0.3) is 0 Å². The van der Waals surface area contributed by atoms with Crippen LogP contribution in [0.15, 0.2) is 59.5 Å². The zero-order chi connectivity index (χ0) is 26.9. The van der Waals surface area contributed by atoms with Crippen molar-refractivity contribution >= 4 is 25.8 Å². The van der Waals surface area contributed by atoms with Crippen LogP contribution in [0.5, 0.6) is 0 Å². The summed E-state index contributed by atoms with van der Waals surface area (Å²) in [5.74, 6) is -0.886. The molecule has 1 aliphatic heterocycles. The number of carbonyl (C=O) groups excluding carboxylic acids is 1. The highest BCUT2D eigenvalue weighted by Crippen LogP contribution is 2.40. The Bertz CT molecular complexity index is 1300. The predicted molar refractivity (Wildman–Crippen MR) is 129 cm³/mol. The number of amides is 1. The van der Waals surface area contributed by atoms with Crippen molar-refractivity contribution in [3.05, 3.63) is 65.7 Å². The Morgan fingerprint density at radius 1 is 0.972 bits per heavy atom. The second kappa shape index (κ2) is 10.1. The first-order chi connectivity index (χ1) is 16.5. The molecular weight excluding hydrogens is 517 g/mol. The topological polar surface area (TPSA) is 101 Å². The summed E-state index contributed by atoms with van der Waals surface area (Å²) in [5, 5.41) is 0. The van der Waals surface area contributed by atoms with E-state index in [-0.39, 0.29) is 25.9 Å². The van der Waals surface area contributed by atoms with Crippen molar-refractivity contribution in [2.75, 3.05) is 19.3 Å². The van der Waals surface area contributed by atoms with E-state index < -0.39 is 59.1 Å². The Morgan fingerprint density at radius 3 is 2.08 bits per heavy atom. The standard InChI is InChI=1S/C24H29F3N2O5S2/c1-23(2,36(33,34)20-11-7-10-19(16-20)24(25,26)27)18-12-14-29(15-13-18)22(30)21(28-35(3,31)32)17-8-5-4-6-9-17/h4-11,16,18,21,28H,12-15H2,1-3H3/t21-/m0/s1. The van der Waals surface area contributed by atoms with Crippen LogP contribution in [-0.4, -0.2) is 51.7 Å². The Morgan fingerprint density at radius 2 is 1.56 bits per heavy atom. The molecule has 1 fully saturated rings. The van der Waals surface area contributed by atoms with Gasteiger partial charge in [0.15, 0.2) is 9.84 Å². The van der Waals surface area contributed by atoms with Gasteiger partial charge in [0.2, 0.25) is 15.9 Å². The minimum atomic E-state index is -4.67. The number of nitrogens with one attached hydrogen (secondary N) is 1. The summed E-state index contributed by atoms with van der Waals surface area (Å²) in [4.78, 5) is 14.3. The van der Waals surface area contributed by atoms with Gasteiger partial charge in [-0.15, -0.1) is 0 Å². The van der Waals surface area contributed by atoms with Crippen molar-refractivity contribution < 1.29 is 34.8 Å². The van der Waals surface area contributed by atoms with E-state index >= 15 is 0 Å². The number of sulfone groups is 1. The molecule has 0 saturated carbocycles. The number of carbonyl (C=O) groups is 1. The SMILES string of the molecule is CC(C)(C1CCN(C(=O)[C@@H](NS(C)(=O)=O)c2ccccc2)CC1)S(=O)(=O)c1cccc(C(F)(F)F)c1. The lowest BCUT2D eigenvalue weighted by molar-refractivity contribution is -0.137. The molecule has 0 unspecified atom stereocenters. The van der Waals surface area contributed by atoms with Crippen LogP contribution in [0, 0.1) is 5.92 Å². The van der Waals surface area contributed by atoms with Crippen LogP contribution < -0.4 is 4.72 Å². The van der Waals surface area contributed by atoms with Gasteiger partial charge in [-0.3, -0.25) is 4.79 Å². The number of halogens is 3. The number of hydrogen-bond acceptors (Lipinski definition) is 5. The average Bonchev–Trinajstić information content (AvgIpc) is 2.81. The fraction of sp³-hybridized carbons (Fsp3) is 0.458. The summed E-state index contributed by atoms with van der Waals surface area (Å²) in [6, 6.07) is 11.0. The smallest absolute Gasteiger partial charge is 0.341 e. The van der Waals surface area contributed by atoms with Gasteiger partial charge in [-0.25, -0.2) is 16.8 Å². The molecule has 36 heavy (non-hydrogen) atoms. The van der Waals surface area contributed by atoms with E-state index in [1.54, 1.807) is 30.3 Å². The quantitative estimate of drug-likeness (QED) is 0.570. The van der Waals surface area contributed by atoms with Crippen molar-refractivity contribution in [2.45, 2.75) is 48.5 Å². The maximum atomic E-state index is 13.4. The molecule has 7 nitrogen and oxygen atoms in total.